The molecule has 2 atom stereocenters. The normalized spacial score (nSPS) is 15.8. The molecule has 0 saturated heterocycles. The molecule has 1 heterocycles. The maximum Gasteiger partial charge on any atom is 0.134 e. The topological polar surface area (TPSA) is 57.6 Å². The lowest BCUT2D eigenvalue weighted by molar-refractivity contribution is -0.0597. The van der Waals surface area contributed by atoms with Crippen molar-refractivity contribution in [2.75, 3.05) is 13.2 Å². The van der Waals surface area contributed by atoms with Gasteiger partial charge in [0.25, 0.3) is 0 Å². The van der Waals surface area contributed by atoms with Gasteiger partial charge in [0.15, 0.2) is 0 Å². The monoisotopic (exact) mass is 241 g/mol. The number of rotatable bonds is 6. The van der Waals surface area contributed by atoms with Gasteiger partial charge in [0.2, 0.25) is 0 Å². The predicted molar refractivity (Wildman–Crippen MR) is 66.8 cm³/mol. The van der Waals surface area contributed by atoms with Crippen LogP contribution in [-0.2, 0) is 9.47 Å². The van der Waals surface area contributed by atoms with Crippen LogP contribution < -0.4 is 5.73 Å². The van der Waals surface area contributed by atoms with Gasteiger partial charge in [-0.05, 0) is 39.8 Å². The fraction of sp³-hybridized carbons (Fsp3) is 0.692. The van der Waals surface area contributed by atoms with E-state index >= 15 is 0 Å². The number of hydrogen-bond donors (Lipinski definition) is 1. The fourth-order valence-corrected chi connectivity index (χ4v) is 1.47. The van der Waals surface area contributed by atoms with Gasteiger partial charge in [0.1, 0.15) is 11.9 Å². The van der Waals surface area contributed by atoms with E-state index in [0.29, 0.717) is 13.2 Å². The quantitative estimate of drug-likeness (QED) is 0.777. The summed E-state index contributed by atoms with van der Waals surface area (Å²) in [6.45, 7) is 9.00. The van der Waals surface area contributed by atoms with Gasteiger partial charge >= 0.3 is 0 Å². The van der Waals surface area contributed by atoms with Crippen molar-refractivity contribution < 1.29 is 13.9 Å². The Bertz CT molecular complexity index is 301. The van der Waals surface area contributed by atoms with Crippen LogP contribution in [0, 0.1) is 0 Å². The molecule has 0 amide bonds. The van der Waals surface area contributed by atoms with E-state index < -0.39 is 0 Å². The molecule has 0 aliphatic carbocycles. The second-order valence-corrected chi connectivity index (χ2v) is 5.13. The largest absolute Gasteiger partial charge is 0.467 e. The summed E-state index contributed by atoms with van der Waals surface area (Å²) < 4.78 is 16.6. The highest BCUT2D eigenvalue weighted by molar-refractivity contribution is 5.04. The molecule has 98 valence electrons. The van der Waals surface area contributed by atoms with Crippen LogP contribution in [0.4, 0.5) is 0 Å². The van der Waals surface area contributed by atoms with Gasteiger partial charge in [-0.3, -0.25) is 0 Å². The zero-order valence-corrected chi connectivity index (χ0v) is 11.1. The summed E-state index contributed by atoms with van der Waals surface area (Å²) >= 11 is 0. The van der Waals surface area contributed by atoms with Crippen LogP contribution in [0.3, 0.4) is 0 Å². The summed E-state index contributed by atoms with van der Waals surface area (Å²) in [6.07, 6.45) is 1.41. The lowest BCUT2D eigenvalue weighted by atomic mass is 10.1. The Morgan fingerprint density at radius 1 is 1.35 bits per heavy atom. The first-order chi connectivity index (χ1) is 7.90. The lowest BCUT2D eigenvalue weighted by Gasteiger charge is -2.22. The van der Waals surface area contributed by atoms with Crippen molar-refractivity contribution in [3.8, 4) is 0 Å². The highest BCUT2D eigenvalue weighted by Crippen LogP contribution is 2.20. The van der Waals surface area contributed by atoms with Crippen molar-refractivity contribution in [3.05, 3.63) is 24.2 Å². The van der Waals surface area contributed by atoms with Crippen molar-refractivity contribution >= 4 is 0 Å². The third-order valence-electron chi connectivity index (χ3n) is 2.22. The Morgan fingerprint density at radius 2 is 2.06 bits per heavy atom. The Kier molecular flexibility index (Phi) is 5.18. The highest BCUT2D eigenvalue weighted by Gasteiger charge is 2.19. The van der Waals surface area contributed by atoms with Gasteiger partial charge in [-0.1, -0.05) is 0 Å². The van der Waals surface area contributed by atoms with Crippen molar-refractivity contribution in [2.24, 2.45) is 5.73 Å². The summed E-state index contributed by atoms with van der Waals surface area (Å²) in [4.78, 5) is 0. The van der Waals surface area contributed by atoms with E-state index in [9.17, 15) is 0 Å². The maximum atomic E-state index is 5.87. The van der Waals surface area contributed by atoms with Crippen LogP contribution in [0.5, 0.6) is 0 Å². The molecule has 0 aliphatic rings. The molecule has 0 fully saturated rings. The molecule has 2 unspecified atom stereocenters. The third kappa shape index (κ3) is 5.35. The minimum absolute atomic E-state index is 0.115. The van der Waals surface area contributed by atoms with Crippen molar-refractivity contribution in [1.29, 1.82) is 0 Å². The molecule has 0 radical (unpaired) electrons. The molecule has 0 aliphatic heterocycles. The van der Waals surface area contributed by atoms with Crippen LogP contribution in [0.25, 0.3) is 0 Å². The second kappa shape index (κ2) is 6.19. The number of furan rings is 1. The second-order valence-electron chi connectivity index (χ2n) is 5.13. The maximum absolute atomic E-state index is 5.87. The molecule has 4 heteroatoms. The Morgan fingerprint density at radius 3 is 2.53 bits per heavy atom. The van der Waals surface area contributed by atoms with E-state index in [1.807, 2.05) is 39.8 Å². The molecular formula is C13H23NO3. The lowest BCUT2D eigenvalue weighted by Crippen LogP contribution is -2.29. The Hall–Kier alpha value is -0.840. The molecule has 0 aromatic carbocycles. The Labute approximate surface area is 103 Å². The number of hydrogen-bond acceptors (Lipinski definition) is 4. The van der Waals surface area contributed by atoms with E-state index in [1.165, 1.54) is 0 Å². The molecule has 1 aromatic heterocycles. The number of nitrogens with two attached hydrogens (primary N) is 1. The molecule has 4 nitrogen and oxygen atoms in total. The smallest absolute Gasteiger partial charge is 0.134 e. The van der Waals surface area contributed by atoms with Gasteiger partial charge in [-0.2, -0.15) is 0 Å². The SMILES string of the molecule is CC(N)C(OCCOC(C)(C)C)c1ccco1. The molecule has 0 spiro atoms. The summed E-state index contributed by atoms with van der Waals surface area (Å²) in [5, 5.41) is 0. The highest BCUT2D eigenvalue weighted by atomic mass is 16.5. The molecule has 0 bridgehead atoms. The average molecular weight is 241 g/mol. The zero-order valence-electron chi connectivity index (χ0n) is 11.1. The van der Waals surface area contributed by atoms with Crippen LogP contribution >= 0.6 is 0 Å². The fourth-order valence-electron chi connectivity index (χ4n) is 1.47. The van der Waals surface area contributed by atoms with Crippen LogP contribution in [0.2, 0.25) is 0 Å². The number of ether oxygens (including phenoxy) is 2. The van der Waals surface area contributed by atoms with Gasteiger partial charge in [0.05, 0.1) is 25.1 Å². The van der Waals surface area contributed by atoms with Crippen molar-refractivity contribution in [2.45, 2.75) is 45.4 Å². The first-order valence-corrected chi connectivity index (χ1v) is 5.95. The van der Waals surface area contributed by atoms with E-state index in [0.717, 1.165) is 5.76 Å². The molecule has 2 N–H and O–H groups in total. The summed E-state index contributed by atoms with van der Waals surface area (Å²) in [7, 11) is 0. The summed E-state index contributed by atoms with van der Waals surface area (Å²) in [5.41, 5.74) is 5.73. The van der Waals surface area contributed by atoms with Crippen LogP contribution in [0.1, 0.15) is 39.6 Å². The van der Waals surface area contributed by atoms with Crippen LogP contribution in [0.15, 0.2) is 22.8 Å². The van der Waals surface area contributed by atoms with E-state index in [1.54, 1.807) is 6.26 Å². The van der Waals surface area contributed by atoms with Crippen molar-refractivity contribution in [1.82, 2.24) is 0 Å². The zero-order chi connectivity index (χ0) is 12.9. The molecule has 0 saturated carbocycles. The van der Waals surface area contributed by atoms with E-state index in [2.05, 4.69) is 0 Å². The van der Waals surface area contributed by atoms with Gasteiger partial charge in [0, 0.05) is 6.04 Å². The third-order valence-corrected chi connectivity index (χ3v) is 2.22. The minimum atomic E-state index is -0.214. The molecule has 17 heavy (non-hydrogen) atoms. The van der Waals surface area contributed by atoms with Gasteiger partial charge < -0.3 is 19.6 Å². The molecule has 1 aromatic rings. The van der Waals surface area contributed by atoms with E-state index in [-0.39, 0.29) is 17.7 Å². The summed E-state index contributed by atoms with van der Waals surface area (Å²) in [6, 6.07) is 3.59. The Balaban J connectivity index is 2.37. The van der Waals surface area contributed by atoms with Gasteiger partial charge in [-0.15, -0.1) is 0 Å². The van der Waals surface area contributed by atoms with Crippen LogP contribution in [-0.4, -0.2) is 24.9 Å². The minimum Gasteiger partial charge on any atom is -0.467 e. The first-order valence-electron chi connectivity index (χ1n) is 5.95. The van der Waals surface area contributed by atoms with Gasteiger partial charge in [-0.25, -0.2) is 0 Å². The standard InChI is InChI=1S/C13H23NO3/c1-10(14)12(11-6-5-7-15-11)16-8-9-17-13(2,3)4/h5-7,10,12H,8-9,14H2,1-4H3. The average Bonchev–Trinajstić information content (AvgIpc) is 2.68. The van der Waals surface area contributed by atoms with E-state index in [4.69, 9.17) is 19.6 Å². The first kappa shape index (κ1) is 14.2. The van der Waals surface area contributed by atoms with Crippen molar-refractivity contribution in [3.63, 3.8) is 0 Å². The predicted octanol–water partition coefficient (Wildman–Crippen LogP) is 2.50. The molecular weight excluding hydrogens is 218 g/mol. The summed E-state index contributed by atoms with van der Waals surface area (Å²) in [5.74, 6) is 0.760. The molecule has 1 rings (SSSR count).